The fraction of sp³-hybridized carbons (Fsp3) is 0.188. The zero-order valence-electron chi connectivity index (χ0n) is 12.8. The van der Waals surface area contributed by atoms with Crippen LogP contribution < -0.4 is 9.60 Å². The lowest BCUT2D eigenvalue weighted by atomic mass is 10.2. The lowest BCUT2D eigenvalue weighted by Crippen LogP contribution is -2.15. The molecule has 126 valence electrons. The first-order chi connectivity index (χ1) is 11.4. The molecule has 24 heavy (non-hydrogen) atoms. The summed E-state index contributed by atoms with van der Waals surface area (Å²) in [6.07, 6.45) is 0. The highest BCUT2D eigenvalue weighted by molar-refractivity contribution is 7.91. The Hall–Kier alpha value is -2.19. The van der Waals surface area contributed by atoms with Crippen molar-refractivity contribution < 1.29 is 12.8 Å². The van der Waals surface area contributed by atoms with Gasteiger partial charge in [-0.15, -0.1) is 0 Å². The Labute approximate surface area is 142 Å². The molecule has 8 heteroatoms. The SMILES string of the molecule is CCn1c(=O)sc2cc(NS(=O)(=O)Cc3ccccc3F)ccc21. The highest BCUT2D eigenvalue weighted by Gasteiger charge is 2.15. The molecule has 0 aliphatic rings. The second-order valence-electron chi connectivity index (χ2n) is 5.25. The number of thiazole rings is 1. The predicted molar refractivity (Wildman–Crippen MR) is 94.4 cm³/mol. The number of rotatable bonds is 5. The van der Waals surface area contributed by atoms with Crippen molar-refractivity contribution in [2.75, 3.05) is 4.72 Å². The second kappa shape index (κ2) is 6.37. The van der Waals surface area contributed by atoms with Crippen LogP contribution >= 0.6 is 11.3 Å². The monoisotopic (exact) mass is 366 g/mol. The molecule has 1 heterocycles. The summed E-state index contributed by atoms with van der Waals surface area (Å²) in [5, 5.41) is 0. The van der Waals surface area contributed by atoms with Crippen LogP contribution in [0.2, 0.25) is 0 Å². The van der Waals surface area contributed by atoms with E-state index in [0.29, 0.717) is 16.9 Å². The van der Waals surface area contributed by atoms with Crippen LogP contribution in [0, 0.1) is 5.82 Å². The van der Waals surface area contributed by atoms with Crippen LogP contribution in [0.15, 0.2) is 47.3 Å². The van der Waals surface area contributed by atoms with Crippen molar-refractivity contribution >= 4 is 37.3 Å². The maximum Gasteiger partial charge on any atom is 0.308 e. The highest BCUT2D eigenvalue weighted by Crippen LogP contribution is 2.23. The van der Waals surface area contributed by atoms with Gasteiger partial charge in [0, 0.05) is 12.1 Å². The van der Waals surface area contributed by atoms with Crippen LogP contribution in [0.4, 0.5) is 10.1 Å². The molecule has 0 unspecified atom stereocenters. The number of sulfonamides is 1. The standard InChI is InChI=1S/C16H15FN2O3S2/c1-2-19-14-8-7-12(9-15(14)23-16(19)20)18-24(21,22)10-11-5-3-4-6-13(11)17/h3-9,18H,2,10H2,1H3. The van der Waals surface area contributed by atoms with E-state index >= 15 is 0 Å². The molecule has 0 saturated heterocycles. The summed E-state index contributed by atoms with van der Waals surface area (Å²) in [7, 11) is -3.76. The molecule has 0 aliphatic carbocycles. The molecule has 0 aliphatic heterocycles. The number of nitrogens with zero attached hydrogens (tertiary/aromatic N) is 1. The van der Waals surface area contributed by atoms with Gasteiger partial charge >= 0.3 is 4.87 Å². The Morgan fingerprint density at radius 2 is 1.96 bits per heavy atom. The van der Waals surface area contributed by atoms with Crippen LogP contribution in [-0.4, -0.2) is 13.0 Å². The van der Waals surface area contributed by atoms with Gasteiger partial charge < -0.3 is 0 Å². The summed E-state index contributed by atoms with van der Waals surface area (Å²) in [6.45, 7) is 2.43. The van der Waals surface area contributed by atoms with Gasteiger partial charge in [0.15, 0.2) is 0 Å². The Morgan fingerprint density at radius 3 is 2.67 bits per heavy atom. The Bertz CT molecular complexity index is 1050. The maximum absolute atomic E-state index is 13.6. The maximum atomic E-state index is 13.6. The molecule has 0 radical (unpaired) electrons. The van der Waals surface area contributed by atoms with Gasteiger partial charge in [0.25, 0.3) is 0 Å². The lowest BCUT2D eigenvalue weighted by Gasteiger charge is -2.09. The molecular weight excluding hydrogens is 351 g/mol. The molecule has 0 amide bonds. The largest absolute Gasteiger partial charge is 0.308 e. The highest BCUT2D eigenvalue weighted by atomic mass is 32.2. The van der Waals surface area contributed by atoms with E-state index in [1.165, 1.54) is 18.2 Å². The van der Waals surface area contributed by atoms with Crippen molar-refractivity contribution in [2.24, 2.45) is 0 Å². The molecule has 0 saturated carbocycles. The number of fused-ring (bicyclic) bond motifs is 1. The molecule has 3 rings (SSSR count). The van der Waals surface area contributed by atoms with Crippen LogP contribution in [0.1, 0.15) is 12.5 Å². The van der Waals surface area contributed by atoms with E-state index in [4.69, 9.17) is 0 Å². The summed E-state index contributed by atoms with van der Waals surface area (Å²) < 4.78 is 42.9. The third-order valence-corrected chi connectivity index (χ3v) is 5.74. The number of aromatic nitrogens is 1. The van der Waals surface area contributed by atoms with Crippen LogP contribution in [0.3, 0.4) is 0 Å². The zero-order valence-corrected chi connectivity index (χ0v) is 14.5. The van der Waals surface area contributed by atoms with Crippen molar-refractivity contribution in [2.45, 2.75) is 19.2 Å². The minimum atomic E-state index is -3.76. The Kier molecular flexibility index (Phi) is 4.42. The van der Waals surface area contributed by atoms with E-state index in [0.717, 1.165) is 16.9 Å². The summed E-state index contributed by atoms with van der Waals surface area (Å²) in [5.41, 5.74) is 1.22. The minimum Gasteiger partial charge on any atom is -0.299 e. The van der Waals surface area contributed by atoms with E-state index in [-0.39, 0.29) is 10.4 Å². The third kappa shape index (κ3) is 3.34. The molecule has 1 aromatic heterocycles. The molecule has 0 bridgehead atoms. The molecule has 0 spiro atoms. The number of hydrogen-bond donors (Lipinski definition) is 1. The smallest absolute Gasteiger partial charge is 0.299 e. The number of nitrogens with one attached hydrogen (secondary N) is 1. The number of anilines is 1. The van der Waals surface area contributed by atoms with E-state index in [9.17, 15) is 17.6 Å². The van der Waals surface area contributed by atoms with Gasteiger partial charge in [0.05, 0.1) is 21.7 Å². The van der Waals surface area contributed by atoms with E-state index in [1.807, 2.05) is 6.92 Å². The predicted octanol–water partition coefficient (Wildman–Crippen LogP) is 3.16. The van der Waals surface area contributed by atoms with Gasteiger partial charge in [0.2, 0.25) is 10.0 Å². The average molecular weight is 366 g/mol. The Morgan fingerprint density at radius 1 is 1.21 bits per heavy atom. The van der Waals surface area contributed by atoms with Crippen LogP contribution in [0.5, 0.6) is 0 Å². The minimum absolute atomic E-state index is 0.0844. The first-order valence-corrected chi connectivity index (χ1v) is 9.74. The number of halogens is 1. The molecular formula is C16H15FN2O3S2. The van der Waals surface area contributed by atoms with Gasteiger partial charge in [-0.2, -0.15) is 0 Å². The van der Waals surface area contributed by atoms with E-state index in [1.54, 1.807) is 28.8 Å². The summed E-state index contributed by atoms with van der Waals surface area (Å²) in [6, 6.07) is 10.7. The van der Waals surface area contributed by atoms with Crippen molar-refractivity contribution in [1.29, 1.82) is 0 Å². The lowest BCUT2D eigenvalue weighted by molar-refractivity contribution is 0.591. The van der Waals surface area contributed by atoms with Crippen molar-refractivity contribution in [3.05, 3.63) is 63.5 Å². The van der Waals surface area contributed by atoms with Gasteiger partial charge in [-0.25, -0.2) is 12.8 Å². The average Bonchev–Trinajstić information content (AvgIpc) is 2.83. The zero-order chi connectivity index (χ0) is 17.3. The van der Waals surface area contributed by atoms with E-state index < -0.39 is 21.6 Å². The van der Waals surface area contributed by atoms with Crippen LogP contribution in [-0.2, 0) is 22.3 Å². The van der Waals surface area contributed by atoms with Crippen LogP contribution in [0.25, 0.3) is 10.2 Å². The van der Waals surface area contributed by atoms with Gasteiger partial charge in [-0.3, -0.25) is 14.1 Å². The molecule has 0 fully saturated rings. The molecule has 5 nitrogen and oxygen atoms in total. The normalized spacial score (nSPS) is 11.8. The Balaban J connectivity index is 1.88. The van der Waals surface area contributed by atoms with Crippen molar-refractivity contribution in [3.8, 4) is 0 Å². The van der Waals surface area contributed by atoms with Gasteiger partial charge in [0.1, 0.15) is 5.82 Å². The first-order valence-electron chi connectivity index (χ1n) is 7.27. The fourth-order valence-corrected chi connectivity index (χ4v) is 4.66. The quantitative estimate of drug-likeness (QED) is 0.754. The summed E-state index contributed by atoms with van der Waals surface area (Å²) >= 11 is 1.06. The number of aryl methyl sites for hydroxylation is 1. The van der Waals surface area contributed by atoms with E-state index in [2.05, 4.69) is 4.72 Å². The number of benzene rings is 2. The number of hydrogen-bond acceptors (Lipinski definition) is 4. The third-order valence-electron chi connectivity index (χ3n) is 3.56. The molecule has 0 atom stereocenters. The summed E-state index contributed by atoms with van der Waals surface area (Å²) in [5.74, 6) is -1.01. The first kappa shape index (κ1) is 16.7. The fourth-order valence-electron chi connectivity index (χ4n) is 2.47. The van der Waals surface area contributed by atoms with Crippen molar-refractivity contribution in [3.63, 3.8) is 0 Å². The molecule has 1 N–H and O–H groups in total. The topological polar surface area (TPSA) is 68.2 Å². The van der Waals surface area contributed by atoms with Gasteiger partial charge in [-0.1, -0.05) is 29.5 Å². The molecule has 2 aromatic carbocycles. The van der Waals surface area contributed by atoms with Gasteiger partial charge in [-0.05, 0) is 31.2 Å². The van der Waals surface area contributed by atoms with Crippen molar-refractivity contribution in [1.82, 2.24) is 4.57 Å². The second-order valence-corrected chi connectivity index (χ2v) is 7.96. The molecule has 3 aromatic rings. The summed E-state index contributed by atoms with van der Waals surface area (Å²) in [4.78, 5) is 11.8.